The first-order chi connectivity index (χ1) is 13.1. The molecule has 5 heteroatoms. The fourth-order valence-corrected chi connectivity index (χ4v) is 3.26. The summed E-state index contributed by atoms with van der Waals surface area (Å²) in [6.45, 7) is 5.58. The molecule has 0 radical (unpaired) electrons. The third-order valence-electron chi connectivity index (χ3n) is 4.80. The van der Waals surface area contributed by atoms with Crippen LogP contribution in [-0.2, 0) is 22.7 Å². The second-order valence-corrected chi connectivity index (χ2v) is 6.88. The van der Waals surface area contributed by atoms with Crippen LogP contribution < -0.4 is 4.74 Å². The molecule has 1 atom stereocenters. The molecule has 0 N–H and O–H groups in total. The lowest BCUT2D eigenvalue weighted by Gasteiger charge is -2.38. The highest BCUT2D eigenvalue weighted by molar-refractivity contribution is 5.94. The van der Waals surface area contributed by atoms with Crippen LogP contribution in [0.4, 0.5) is 0 Å². The van der Waals surface area contributed by atoms with Crippen LogP contribution in [0.1, 0.15) is 31.4 Å². The van der Waals surface area contributed by atoms with Gasteiger partial charge in [-0.3, -0.25) is 9.59 Å². The number of rotatable bonds is 7. The van der Waals surface area contributed by atoms with Crippen molar-refractivity contribution in [1.82, 2.24) is 9.80 Å². The predicted molar refractivity (Wildman–Crippen MR) is 104 cm³/mol. The molecule has 0 aliphatic carbocycles. The topological polar surface area (TPSA) is 49.9 Å². The van der Waals surface area contributed by atoms with Gasteiger partial charge in [0.1, 0.15) is 18.4 Å². The van der Waals surface area contributed by atoms with Gasteiger partial charge in [0.2, 0.25) is 11.8 Å². The van der Waals surface area contributed by atoms with Gasteiger partial charge >= 0.3 is 0 Å². The van der Waals surface area contributed by atoms with Crippen molar-refractivity contribution in [1.29, 1.82) is 0 Å². The predicted octanol–water partition coefficient (Wildman–Crippen LogP) is 3.23. The Kier molecular flexibility index (Phi) is 6.12. The molecule has 2 aromatic carbocycles. The van der Waals surface area contributed by atoms with Crippen LogP contribution in [0.3, 0.4) is 0 Å². The van der Waals surface area contributed by atoms with Gasteiger partial charge in [-0.15, -0.1) is 0 Å². The third-order valence-corrected chi connectivity index (χ3v) is 4.80. The molecule has 1 aliphatic heterocycles. The number of nitrogens with zero attached hydrogens (tertiary/aromatic N) is 2. The zero-order chi connectivity index (χ0) is 19.2. The van der Waals surface area contributed by atoms with E-state index in [1.54, 1.807) is 16.7 Å². The van der Waals surface area contributed by atoms with Crippen molar-refractivity contribution in [3.8, 4) is 5.75 Å². The molecule has 0 spiro atoms. The minimum absolute atomic E-state index is 0.0000425. The first kappa shape index (κ1) is 19.0. The van der Waals surface area contributed by atoms with Crippen molar-refractivity contribution >= 4 is 11.8 Å². The Bertz CT molecular complexity index is 774. The second kappa shape index (κ2) is 8.71. The van der Waals surface area contributed by atoms with Gasteiger partial charge in [-0.2, -0.15) is 0 Å². The zero-order valence-electron chi connectivity index (χ0n) is 15.9. The average Bonchev–Trinajstić information content (AvgIpc) is 2.69. The second-order valence-electron chi connectivity index (χ2n) is 6.88. The molecule has 142 valence electrons. The number of ether oxygens (including phenoxy) is 1. The Morgan fingerprint density at radius 3 is 2.37 bits per heavy atom. The molecule has 0 bridgehead atoms. The quantitative estimate of drug-likeness (QED) is 0.756. The SMILES string of the molecule is CCCN1CC(=O)N(Cc2ccc(OCc3ccccc3)cc2)[C@H](C)C1=O. The van der Waals surface area contributed by atoms with Gasteiger partial charge in [0, 0.05) is 13.1 Å². The smallest absolute Gasteiger partial charge is 0.245 e. The molecule has 5 nitrogen and oxygen atoms in total. The minimum atomic E-state index is -0.424. The Morgan fingerprint density at radius 2 is 1.70 bits per heavy atom. The number of carbonyl (C=O) groups is 2. The van der Waals surface area contributed by atoms with Crippen LogP contribution >= 0.6 is 0 Å². The first-order valence-corrected chi connectivity index (χ1v) is 9.42. The maximum Gasteiger partial charge on any atom is 0.245 e. The summed E-state index contributed by atoms with van der Waals surface area (Å²) >= 11 is 0. The van der Waals surface area contributed by atoms with Gasteiger partial charge in [-0.1, -0.05) is 49.4 Å². The Hall–Kier alpha value is -2.82. The average molecular weight is 366 g/mol. The van der Waals surface area contributed by atoms with Gasteiger partial charge in [0.25, 0.3) is 0 Å². The summed E-state index contributed by atoms with van der Waals surface area (Å²) in [5.74, 6) is 0.810. The summed E-state index contributed by atoms with van der Waals surface area (Å²) in [6.07, 6.45) is 0.857. The van der Waals surface area contributed by atoms with E-state index in [4.69, 9.17) is 4.74 Å². The minimum Gasteiger partial charge on any atom is -0.489 e. The number of piperazine rings is 1. The summed E-state index contributed by atoms with van der Waals surface area (Å²) in [4.78, 5) is 28.2. The van der Waals surface area contributed by atoms with E-state index in [1.165, 1.54) is 0 Å². The number of benzene rings is 2. The molecule has 1 heterocycles. The molecule has 1 saturated heterocycles. The lowest BCUT2D eigenvalue weighted by Crippen LogP contribution is -2.58. The van der Waals surface area contributed by atoms with Crippen molar-refractivity contribution in [2.24, 2.45) is 0 Å². The number of hydrogen-bond acceptors (Lipinski definition) is 3. The van der Waals surface area contributed by atoms with Crippen LogP contribution in [-0.4, -0.2) is 40.7 Å². The highest BCUT2D eigenvalue weighted by Crippen LogP contribution is 2.19. The van der Waals surface area contributed by atoms with E-state index >= 15 is 0 Å². The van der Waals surface area contributed by atoms with Crippen molar-refractivity contribution in [3.63, 3.8) is 0 Å². The van der Waals surface area contributed by atoms with E-state index in [0.29, 0.717) is 19.7 Å². The third kappa shape index (κ3) is 4.67. The van der Waals surface area contributed by atoms with Crippen molar-refractivity contribution in [3.05, 3.63) is 65.7 Å². The van der Waals surface area contributed by atoms with E-state index in [1.807, 2.05) is 61.5 Å². The van der Waals surface area contributed by atoms with E-state index in [-0.39, 0.29) is 18.4 Å². The molecular formula is C22H26N2O3. The van der Waals surface area contributed by atoms with Crippen LogP contribution in [0, 0.1) is 0 Å². The van der Waals surface area contributed by atoms with E-state index in [0.717, 1.165) is 23.3 Å². The Labute approximate surface area is 160 Å². The highest BCUT2D eigenvalue weighted by atomic mass is 16.5. The molecule has 1 fully saturated rings. The maximum atomic E-state index is 12.5. The van der Waals surface area contributed by atoms with Gasteiger partial charge in [0.15, 0.2) is 0 Å². The van der Waals surface area contributed by atoms with Crippen molar-refractivity contribution < 1.29 is 14.3 Å². The van der Waals surface area contributed by atoms with Crippen molar-refractivity contribution in [2.45, 2.75) is 39.5 Å². The van der Waals surface area contributed by atoms with Crippen LogP contribution in [0.25, 0.3) is 0 Å². The standard InChI is InChI=1S/C22H26N2O3/c1-3-13-23-15-21(25)24(17(2)22(23)26)14-18-9-11-20(12-10-18)27-16-19-7-5-4-6-8-19/h4-12,17H,3,13-16H2,1-2H3/t17-/m1/s1. The molecule has 27 heavy (non-hydrogen) atoms. The van der Waals surface area contributed by atoms with Gasteiger partial charge < -0.3 is 14.5 Å². The highest BCUT2D eigenvalue weighted by Gasteiger charge is 2.35. The molecule has 1 aliphatic rings. The lowest BCUT2D eigenvalue weighted by molar-refractivity contribution is -0.155. The van der Waals surface area contributed by atoms with Gasteiger partial charge in [0.05, 0.1) is 6.54 Å². The number of amides is 2. The normalized spacial score (nSPS) is 17.3. The van der Waals surface area contributed by atoms with E-state index in [9.17, 15) is 9.59 Å². The summed E-state index contributed by atoms with van der Waals surface area (Å²) in [6, 6.07) is 17.3. The molecular weight excluding hydrogens is 340 g/mol. The fraction of sp³-hybridized carbons (Fsp3) is 0.364. The molecule has 0 aromatic heterocycles. The number of hydrogen-bond donors (Lipinski definition) is 0. The maximum absolute atomic E-state index is 12.5. The molecule has 2 aromatic rings. The Balaban J connectivity index is 1.59. The monoisotopic (exact) mass is 366 g/mol. The molecule has 0 saturated carbocycles. The van der Waals surface area contributed by atoms with E-state index in [2.05, 4.69) is 0 Å². The molecule has 2 amide bonds. The largest absolute Gasteiger partial charge is 0.489 e. The zero-order valence-corrected chi connectivity index (χ0v) is 15.9. The van der Waals surface area contributed by atoms with Gasteiger partial charge in [-0.25, -0.2) is 0 Å². The van der Waals surface area contributed by atoms with Crippen molar-refractivity contribution in [2.75, 3.05) is 13.1 Å². The van der Waals surface area contributed by atoms with Crippen LogP contribution in [0.5, 0.6) is 5.75 Å². The van der Waals surface area contributed by atoms with E-state index < -0.39 is 6.04 Å². The number of carbonyl (C=O) groups excluding carboxylic acids is 2. The summed E-state index contributed by atoms with van der Waals surface area (Å²) in [5, 5.41) is 0. The summed E-state index contributed by atoms with van der Waals surface area (Å²) < 4.78 is 5.80. The van der Waals surface area contributed by atoms with Crippen LogP contribution in [0.2, 0.25) is 0 Å². The fourth-order valence-electron chi connectivity index (χ4n) is 3.26. The Morgan fingerprint density at radius 1 is 1.00 bits per heavy atom. The van der Waals surface area contributed by atoms with Gasteiger partial charge in [-0.05, 0) is 36.6 Å². The first-order valence-electron chi connectivity index (χ1n) is 9.42. The summed E-state index contributed by atoms with van der Waals surface area (Å²) in [7, 11) is 0. The molecule has 3 rings (SSSR count). The lowest BCUT2D eigenvalue weighted by atomic mass is 10.1. The van der Waals surface area contributed by atoms with Crippen LogP contribution in [0.15, 0.2) is 54.6 Å². The molecule has 0 unspecified atom stereocenters. The summed E-state index contributed by atoms with van der Waals surface area (Å²) in [5.41, 5.74) is 2.10.